The molecule has 0 unspecified atom stereocenters. The summed E-state index contributed by atoms with van der Waals surface area (Å²) >= 11 is 5.93. The number of ketones is 1. The lowest BCUT2D eigenvalue weighted by Gasteiger charge is -2.07. The van der Waals surface area contributed by atoms with Crippen molar-refractivity contribution >= 4 is 44.2 Å². The van der Waals surface area contributed by atoms with Crippen LogP contribution >= 0.6 is 11.6 Å². The second-order valence-electron chi connectivity index (χ2n) is 5.56. The molecule has 0 aliphatic heterocycles. The number of furan rings is 1. The Balaban J connectivity index is 1.75. The van der Waals surface area contributed by atoms with Crippen molar-refractivity contribution in [2.75, 3.05) is 12.9 Å². The van der Waals surface area contributed by atoms with Crippen LogP contribution in [0.1, 0.15) is 20.9 Å². The van der Waals surface area contributed by atoms with E-state index in [1.54, 1.807) is 24.3 Å². The zero-order valence-electron chi connectivity index (χ0n) is 13.6. The lowest BCUT2D eigenvalue weighted by molar-refractivity contribution is 0.0468. The van der Waals surface area contributed by atoms with Crippen LogP contribution in [0.3, 0.4) is 0 Å². The van der Waals surface area contributed by atoms with Crippen LogP contribution < -0.4 is 0 Å². The summed E-state index contributed by atoms with van der Waals surface area (Å²) in [6, 6.07) is 12.3. The number of carbonyl (C=O) groups is 2. The number of benzene rings is 2. The first-order chi connectivity index (χ1) is 12.3. The first-order valence-electron chi connectivity index (χ1n) is 7.44. The summed E-state index contributed by atoms with van der Waals surface area (Å²) < 4.78 is 33.6. The molecule has 0 aliphatic carbocycles. The van der Waals surface area contributed by atoms with Gasteiger partial charge in [0.2, 0.25) is 5.78 Å². The molecule has 3 rings (SSSR count). The third-order valence-corrected chi connectivity index (χ3v) is 5.06. The number of hydrogen-bond donors (Lipinski definition) is 0. The Hall–Kier alpha value is -2.64. The average Bonchev–Trinajstić information content (AvgIpc) is 3.03. The van der Waals surface area contributed by atoms with Gasteiger partial charge in [0.25, 0.3) is 0 Å². The summed E-state index contributed by atoms with van der Waals surface area (Å²) in [5, 5.41) is 0.782. The summed E-state index contributed by atoms with van der Waals surface area (Å²) in [7, 11) is -3.51. The summed E-state index contributed by atoms with van der Waals surface area (Å²) in [5.74, 6) is -1.36. The van der Waals surface area contributed by atoms with Gasteiger partial charge in [-0.15, -0.1) is 0 Å². The predicted octanol–water partition coefficient (Wildman–Crippen LogP) is 3.53. The van der Waals surface area contributed by atoms with Crippen LogP contribution in [0.5, 0.6) is 0 Å². The second-order valence-corrected chi connectivity index (χ2v) is 7.98. The highest BCUT2D eigenvalue weighted by Crippen LogP contribution is 2.22. The van der Waals surface area contributed by atoms with Crippen molar-refractivity contribution in [2.45, 2.75) is 4.90 Å². The normalized spacial score (nSPS) is 11.5. The molecule has 1 heterocycles. The topological polar surface area (TPSA) is 90.6 Å². The molecular weight excluding hydrogens is 380 g/mol. The lowest BCUT2D eigenvalue weighted by Crippen LogP contribution is -2.14. The fraction of sp³-hybridized carbons (Fsp3) is 0.111. The molecule has 1 aromatic heterocycles. The number of fused-ring (bicyclic) bond motifs is 1. The van der Waals surface area contributed by atoms with E-state index in [4.69, 9.17) is 20.8 Å². The first kappa shape index (κ1) is 18.2. The van der Waals surface area contributed by atoms with Gasteiger partial charge < -0.3 is 9.15 Å². The van der Waals surface area contributed by atoms with Crippen molar-refractivity contribution in [1.29, 1.82) is 0 Å². The molecule has 0 spiro atoms. The summed E-state index contributed by atoms with van der Waals surface area (Å²) in [5.41, 5.74) is 0.415. The molecule has 2 aromatic carbocycles. The number of hydrogen-bond acceptors (Lipinski definition) is 6. The van der Waals surface area contributed by atoms with Gasteiger partial charge in [-0.1, -0.05) is 29.8 Å². The Labute approximate surface area is 154 Å². The number of ether oxygens (including phenoxy) is 1. The van der Waals surface area contributed by atoms with Crippen LogP contribution in [-0.4, -0.2) is 33.0 Å². The molecule has 0 amide bonds. The minimum atomic E-state index is -3.51. The summed E-state index contributed by atoms with van der Waals surface area (Å²) in [6.45, 7) is -0.557. The van der Waals surface area contributed by atoms with E-state index in [9.17, 15) is 18.0 Å². The van der Waals surface area contributed by atoms with E-state index < -0.39 is 28.2 Å². The van der Waals surface area contributed by atoms with E-state index in [1.165, 1.54) is 12.1 Å². The van der Waals surface area contributed by atoms with E-state index in [-0.39, 0.29) is 21.2 Å². The quantitative estimate of drug-likeness (QED) is 0.487. The molecule has 8 heteroatoms. The fourth-order valence-electron chi connectivity index (χ4n) is 2.29. The molecule has 134 valence electrons. The molecule has 0 fully saturated rings. The molecule has 0 atom stereocenters. The van der Waals surface area contributed by atoms with Gasteiger partial charge in [-0.3, -0.25) is 4.79 Å². The third-order valence-electron chi connectivity index (χ3n) is 3.62. The molecule has 0 aliphatic rings. The number of halogens is 1. The van der Waals surface area contributed by atoms with Gasteiger partial charge in [0.15, 0.2) is 22.2 Å². The number of esters is 1. The number of sulfone groups is 1. The van der Waals surface area contributed by atoms with Crippen molar-refractivity contribution in [1.82, 2.24) is 0 Å². The molecule has 0 bridgehead atoms. The number of Topliss-reactive ketones (excluding diaryl/α,β-unsaturated/α-hetero) is 1. The molecule has 6 nitrogen and oxygen atoms in total. The predicted molar refractivity (Wildman–Crippen MR) is 95.4 cm³/mol. The molecule has 0 saturated heterocycles. The highest BCUT2D eigenvalue weighted by atomic mass is 35.5. The van der Waals surface area contributed by atoms with Gasteiger partial charge in [-0.05, 0) is 30.3 Å². The Bertz CT molecular complexity index is 1080. The van der Waals surface area contributed by atoms with Gasteiger partial charge in [0, 0.05) is 11.6 Å². The van der Waals surface area contributed by atoms with Crippen molar-refractivity contribution in [3.05, 3.63) is 64.9 Å². The highest BCUT2D eigenvalue weighted by Gasteiger charge is 2.19. The van der Waals surface area contributed by atoms with Crippen LogP contribution in [0, 0.1) is 0 Å². The standard InChI is InChI=1S/C18H13ClO6S/c1-26(22,23)12-6-7-14(19)13(9-12)18(21)24-10-15(20)17-8-11-4-2-3-5-16(11)25-17/h2-9H,10H2,1H3. The van der Waals surface area contributed by atoms with E-state index >= 15 is 0 Å². The third kappa shape index (κ3) is 3.79. The Kier molecular flexibility index (Phi) is 4.84. The van der Waals surface area contributed by atoms with Crippen LogP contribution in [0.2, 0.25) is 5.02 Å². The van der Waals surface area contributed by atoms with Gasteiger partial charge in [-0.25, -0.2) is 13.2 Å². The SMILES string of the molecule is CS(=O)(=O)c1ccc(Cl)c(C(=O)OCC(=O)c2cc3ccccc3o2)c1. The maximum atomic E-state index is 12.2. The monoisotopic (exact) mass is 392 g/mol. The van der Waals surface area contributed by atoms with Gasteiger partial charge in [0.1, 0.15) is 5.58 Å². The van der Waals surface area contributed by atoms with E-state index in [0.29, 0.717) is 5.58 Å². The van der Waals surface area contributed by atoms with Gasteiger partial charge in [-0.2, -0.15) is 0 Å². The fourth-order valence-corrected chi connectivity index (χ4v) is 3.13. The Morgan fingerprint density at radius 2 is 1.85 bits per heavy atom. The van der Waals surface area contributed by atoms with Crippen LogP contribution in [0.25, 0.3) is 11.0 Å². The van der Waals surface area contributed by atoms with Crippen LogP contribution in [0.4, 0.5) is 0 Å². The second kappa shape index (κ2) is 6.93. The minimum absolute atomic E-state index is 0.0265. The van der Waals surface area contributed by atoms with Gasteiger partial charge in [0.05, 0.1) is 15.5 Å². The van der Waals surface area contributed by atoms with E-state index in [0.717, 1.165) is 17.7 Å². The largest absolute Gasteiger partial charge is 0.454 e. The maximum Gasteiger partial charge on any atom is 0.340 e. The minimum Gasteiger partial charge on any atom is -0.454 e. The molecule has 26 heavy (non-hydrogen) atoms. The number of carbonyl (C=O) groups excluding carboxylic acids is 2. The molecule has 0 N–H and O–H groups in total. The van der Waals surface area contributed by atoms with E-state index in [2.05, 4.69) is 0 Å². The Morgan fingerprint density at radius 3 is 2.54 bits per heavy atom. The Morgan fingerprint density at radius 1 is 1.12 bits per heavy atom. The van der Waals surface area contributed by atoms with Gasteiger partial charge >= 0.3 is 5.97 Å². The zero-order valence-corrected chi connectivity index (χ0v) is 15.1. The zero-order chi connectivity index (χ0) is 18.9. The average molecular weight is 393 g/mol. The van der Waals surface area contributed by atoms with E-state index in [1.807, 2.05) is 6.07 Å². The highest BCUT2D eigenvalue weighted by molar-refractivity contribution is 7.90. The molecule has 0 saturated carbocycles. The van der Waals surface area contributed by atoms with Crippen molar-refractivity contribution in [2.24, 2.45) is 0 Å². The molecule has 0 radical (unpaired) electrons. The smallest absolute Gasteiger partial charge is 0.340 e. The van der Waals surface area contributed by atoms with Crippen molar-refractivity contribution in [3.63, 3.8) is 0 Å². The van der Waals surface area contributed by atoms with Crippen molar-refractivity contribution in [3.8, 4) is 0 Å². The van der Waals surface area contributed by atoms with Crippen LogP contribution in [-0.2, 0) is 14.6 Å². The summed E-state index contributed by atoms with van der Waals surface area (Å²) in [6.07, 6.45) is 1.01. The number of rotatable bonds is 5. The molecular formula is C18H13ClO6S. The maximum absolute atomic E-state index is 12.2. The summed E-state index contributed by atoms with van der Waals surface area (Å²) in [4.78, 5) is 24.3. The van der Waals surface area contributed by atoms with Crippen LogP contribution in [0.15, 0.2) is 57.8 Å². The number of para-hydroxylation sites is 1. The molecule has 3 aromatic rings. The van der Waals surface area contributed by atoms with Crippen molar-refractivity contribution < 1.29 is 27.2 Å². The lowest BCUT2D eigenvalue weighted by atomic mass is 10.2. The first-order valence-corrected chi connectivity index (χ1v) is 9.71.